The number of rotatable bonds is 10. The van der Waals surface area contributed by atoms with Gasteiger partial charge in [-0.1, -0.05) is 97.1 Å². The zero-order valence-electron chi connectivity index (χ0n) is 48.2. The molecule has 3 aromatic carbocycles. The zero-order valence-corrected chi connectivity index (χ0v) is 49.0. The van der Waals surface area contributed by atoms with Crippen molar-refractivity contribution in [1.82, 2.24) is 54.8 Å². The molecule has 0 unspecified atom stereocenters. The van der Waals surface area contributed by atoms with Crippen LogP contribution in [0.25, 0.3) is 43.6 Å². The Bertz CT molecular complexity index is 3940. The summed E-state index contributed by atoms with van der Waals surface area (Å²) >= 11 is 1.68. The van der Waals surface area contributed by atoms with Gasteiger partial charge >= 0.3 is 0 Å². The maximum atomic E-state index is 5.58. The second kappa shape index (κ2) is 31.4. The number of thiazole rings is 1. The van der Waals surface area contributed by atoms with Crippen LogP contribution < -0.4 is 9.64 Å². The average molecular weight is 1170 g/mol. The summed E-state index contributed by atoms with van der Waals surface area (Å²) in [6.07, 6.45) is 15.8. The molecule has 1 aliphatic heterocycles. The molecule has 0 saturated carbocycles. The molecule has 0 radical (unpaired) electrons. The molecule has 0 bridgehead atoms. The molecule has 0 N–H and O–H groups in total. The minimum absolute atomic E-state index is 0.136. The van der Waals surface area contributed by atoms with Crippen LogP contribution in [0.5, 0.6) is 11.8 Å². The second-order valence-electron chi connectivity index (χ2n) is 19.2. The standard InChI is InChI=1S/C16H13N3.C13H14N2.C12H8N2O.C12H8N2S.C10H8N2O.C8H8N2O/c1-2-8-14(9-3-1)19(15-10-4-6-12-17-15)16-11-5-7-13-18-16;1-13(2,11-7-3-5-9-14-11)12-8-4-6-10-15-12;2*1-2-7-11-9(5-1)14-12(15-11)10-6-3-4-8-13-10;1-3-7-11-9(5-1)13-10-6-2-4-8-12-10;1-2-4-9-7(3-1)8-10-5-6-11-8/h1-13H;3-10H,1-2H3;2*1-8H;1-8H;1-4H,5-6H2. The van der Waals surface area contributed by atoms with Crippen molar-refractivity contribution >= 4 is 55.9 Å². The van der Waals surface area contributed by atoms with Gasteiger partial charge in [0.2, 0.25) is 23.5 Å². The maximum Gasteiger partial charge on any atom is 0.246 e. The number of pyridine rings is 9. The first-order valence-corrected chi connectivity index (χ1v) is 28.9. The predicted molar refractivity (Wildman–Crippen MR) is 348 cm³/mol. The number of hydrogen-bond acceptors (Lipinski definition) is 17. The summed E-state index contributed by atoms with van der Waals surface area (Å²) < 4.78 is 17.4. The highest BCUT2D eigenvalue weighted by atomic mass is 32.1. The fourth-order valence-electron chi connectivity index (χ4n) is 8.37. The third-order valence-corrected chi connectivity index (χ3v) is 13.8. The first-order valence-electron chi connectivity index (χ1n) is 28.1. The number of hydrogen-bond donors (Lipinski definition) is 0. The second-order valence-corrected chi connectivity index (χ2v) is 20.2. The van der Waals surface area contributed by atoms with E-state index < -0.39 is 0 Å². The first kappa shape index (κ1) is 59.6. The van der Waals surface area contributed by atoms with Crippen LogP contribution in [0.4, 0.5) is 17.3 Å². The van der Waals surface area contributed by atoms with Crippen molar-refractivity contribution < 1.29 is 13.9 Å². The fourth-order valence-corrected chi connectivity index (χ4v) is 9.31. The van der Waals surface area contributed by atoms with Gasteiger partial charge in [0.05, 0.1) is 33.8 Å². The third-order valence-electron chi connectivity index (χ3n) is 12.7. The Morgan fingerprint density at radius 3 is 1.35 bits per heavy atom. The Morgan fingerprint density at radius 2 is 0.875 bits per heavy atom. The van der Waals surface area contributed by atoms with Gasteiger partial charge in [-0.3, -0.25) is 29.8 Å². The van der Waals surface area contributed by atoms with E-state index in [-0.39, 0.29) is 5.41 Å². The van der Waals surface area contributed by atoms with Crippen molar-refractivity contribution in [2.24, 2.45) is 4.99 Å². The molecule has 11 aromatic heterocycles. The molecule has 432 valence electrons. The lowest BCUT2D eigenvalue weighted by Gasteiger charge is -2.23. The van der Waals surface area contributed by atoms with Crippen molar-refractivity contribution in [2.45, 2.75) is 19.3 Å². The summed E-state index contributed by atoms with van der Waals surface area (Å²) in [6, 6.07) is 77.8. The Labute approximate surface area is 513 Å². The van der Waals surface area contributed by atoms with E-state index in [4.69, 9.17) is 13.9 Å². The summed E-state index contributed by atoms with van der Waals surface area (Å²) in [6.45, 7) is 5.72. The summed E-state index contributed by atoms with van der Waals surface area (Å²) in [5, 5.41) is 0.983. The van der Waals surface area contributed by atoms with E-state index in [9.17, 15) is 0 Å². The molecule has 0 aliphatic carbocycles. The van der Waals surface area contributed by atoms with Gasteiger partial charge in [0, 0.05) is 79.0 Å². The van der Waals surface area contributed by atoms with Gasteiger partial charge in [0.15, 0.2) is 5.58 Å². The Kier molecular flexibility index (Phi) is 21.2. The summed E-state index contributed by atoms with van der Waals surface area (Å²) in [7, 11) is 0. The number of nitrogens with zero attached hydrogens (tertiary/aromatic N) is 13. The fraction of sp³-hybridized carbons (Fsp3) is 0.0704. The minimum Gasteiger partial charge on any atom is -0.474 e. The molecule has 15 rings (SSSR count). The molecule has 0 spiro atoms. The van der Waals surface area contributed by atoms with E-state index in [2.05, 4.69) is 79.7 Å². The van der Waals surface area contributed by atoms with Gasteiger partial charge in [0.1, 0.15) is 40.2 Å². The summed E-state index contributed by atoms with van der Waals surface area (Å²) in [5.41, 5.74) is 8.21. The van der Waals surface area contributed by atoms with Gasteiger partial charge in [0.25, 0.3) is 0 Å². The predicted octanol–water partition coefficient (Wildman–Crippen LogP) is 16.1. The van der Waals surface area contributed by atoms with Gasteiger partial charge in [-0.05, 0) is 147 Å². The van der Waals surface area contributed by atoms with E-state index in [0.717, 1.165) is 74.0 Å². The highest BCUT2D eigenvalue weighted by Gasteiger charge is 2.25. The van der Waals surface area contributed by atoms with Crippen LogP contribution in [0, 0.1) is 0 Å². The largest absolute Gasteiger partial charge is 0.474 e. The normalized spacial score (nSPS) is 11.1. The highest BCUT2D eigenvalue weighted by Crippen LogP contribution is 2.32. The van der Waals surface area contributed by atoms with Gasteiger partial charge < -0.3 is 13.9 Å². The lowest BCUT2D eigenvalue weighted by Crippen LogP contribution is -2.21. The molecule has 0 atom stereocenters. The molecule has 88 heavy (non-hydrogen) atoms. The van der Waals surface area contributed by atoms with Crippen LogP contribution in [0.1, 0.15) is 30.9 Å². The first-order chi connectivity index (χ1) is 43.4. The smallest absolute Gasteiger partial charge is 0.246 e. The molecular formula is C71H59N13O3S. The molecule has 17 heteroatoms. The Morgan fingerprint density at radius 1 is 0.409 bits per heavy atom. The average Bonchev–Trinajstić information content (AvgIpc) is 4.32. The van der Waals surface area contributed by atoms with Crippen molar-refractivity contribution in [3.05, 3.63) is 316 Å². The molecule has 12 heterocycles. The number of oxazole rings is 1. The van der Waals surface area contributed by atoms with Crippen LogP contribution in [0.15, 0.2) is 308 Å². The van der Waals surface area contributed by atoms with Crippen LogP contribution >= 0.6 is 11.3 Å². The third kappa shape index (κ3) is 17.1. The zero-order chi connectivity index (χ0) is 60.3. The van der Waals surface area contributed by atoms with E-state index in [0.29, 0.717) is 30.2 Å². The van der Waals surface area contributed by atoms with Crippen molar-refractivity contribution in [3.8, 4) is 34.0 Å². The lowest BCUT2D eigenvalue weighted by atomic mass is 9.85. The minimum atomic E-state index is -0.136. The van der Waals surface area contributed by atoms with Gasteiger partial charge in [-0.25, -0.2) is 34.9 Å². The number of aromatic nitrogens is 11. The summed E-state index contributed by atoms with van der Waals surface area (Å²) in [4.78, 5) is 53.3. The van der Waals surface area contributed by atoms with E-state index in [1.165, 1.54) is 4.70 Å². The molecule has 1 aliphatic rings. The molecular weight excluding hydrogens is 1110 g/mol. The van der Waals surface area contributed by atoms with Crippen LogP contribution in [0.2, 0.25) is 0 Å². The molecule has 0 fully saturated rings. The van der Waals surface area contributed by atoms with E-state index in [1.54, 1.807) is 66.8 Å². The number of para-hydroxylation sites is 4. The number of fused-ring (bicyclic) bond motifs is 2. The van der Waals surface area contributed by atoms with Gasteiger partial charge in [-0.2, -0.15) is 0 Å². The lowest BCUT2D eigenvalue weighted by molar-refractivity contribution is 0.347. The van der Waals surface area contributed by atoms with Crippen LogP contribution in [-0.2, 0) is 10.2 Å². The Balaban J connectivity index is 0.000000117. The van der Waals surface area contributed by atoms with Crippen molar-refractivity contribution in [2.75, 3.05) is 18.1 Å². The number of aliphatic imine (C=N–C) groups is 1. The highest BCUT2D eigenvalue weighted by molar-refractivity contribution is 7.21. The maximum absolute atomic E-state index is 5.58. The SMILES string of the molecule is CC(C)(c1ccccn1)c1ccccn1.c1ccc(-c2nc3ccccc3o2)nc1.c1ccc(-c2nc3ccccc3s2)nc1.c1ccc(C2=NCCO2)nc1.c1ccc(N(c2ccccn2)c2ccccn2)cc1.c1ccc(Oc2ccccn2)nc1. The van der Waals surface area contributed by atoms with Crippen molar-refractivity contribution in [1.29, 1.82) is 0 Å². The molecule has 14 aromatic rings. The van der Waals surface area contributed by atoms with E-state index >= 15 is 0 Å². The van der Waals surface area contributed by atoms with Gasteiger partial charge in [-0.15, -0.1) is 11.3 Å². The topological polar surface area (TPSA) is 189 Å². The van der Waals surface area contributed by atoms with Crippen LogP contribution in [0.3, 0.4) is 0 Å². The number of ether oxygens (including phenoxy) is 2. The summed E-state index contributed by atoms with van der Waals surface area (Å²) in [5.74, 6) is 4.06. The van der Waals surface area contributed by atoms with Crippen molar-refractivity contribution in [3.63, 3.8) is 0 Å². The Hall–Kier alpha value is -11.6. The molecule has 0 amide bonds. The number of benzene rings is 3. The monoisotopic (exact) mass is 1170 g/mol. The van der Waals surface area contributed by atoms with Crippen LogP contribution in [-0.4, -0.2) is 73.9 Å². The molecule has 0 saturated heterocycles. The van der Waals surface area contributed by atoms with E-state index in [1.807, 2.05) is 242 Å². The molecule has 16 nitrogen and oxygen atoms in total. The number of anilines is 3. The quantitative estimate of drug-likeness (QED) is 0.126.